The second-order valence-electron chi connectivity index (χ2n) is 2.58. The predicted octanol–water partition coefficient (Wildman–Crippen LogP) is 1.68. The van der Waals surface area contributed by atoms with Crippen molar-refractivity contribution in [3.05, 3.63) is 17.8 Å². The van der Waals surface area contributed by atoms with Gasteiger partial charge >= 0.3 is 0 Å². The van der Waals surface area contributed by atoms with Crippen LogP contribution in [0.1, 0.15) is 38.0 Å². The van der Waals surface area contributed by atoms with E-state index in [4.69, 9.17) is 9.52 Å². The highest BCUT2D eigenvalue weighted by atomic mass is 16.4. The number of aliphatic hydroxyl groups is 1. The topological polar surface area (TPSA) is 46.3 Å². The second-order valence-corrected chi connectivity index (χ2v) is 2.58. The Hall–Kier alpha value is -0.830. The number of aliphatic hydroxyl groups excluding tert-OH is 1. The fourth-order valence-corrected chi connectivity index (χ4v) is 0.847. The molecule has 0 saturated heterocycles. The minimum atomic E-state index is -0.548. The van der Waals surface area contributed by atoms with Crippen molar-refractivity contribution in [1.82, 2.24) is 4.98 Å². The van der Waals surface area contributed by atoms with Crippen LogP contribution in [0.2, 0.25) is 0 Å². The fourth-order valence-electron chi connectivity index (χ4n) is 0.847. The smallest absolute Gasteiger partial charge is 0.194 e. The molecule has 0 saturated carbocycles. The molecule has 11 heavy (non-hydrogen) atoms. The highest BCUT2D eigenvalue weighted by Gasteiger charge is 2.06. The summed E-state index contributed by atoms with van der Waals surface area (Å²) in [6, 6.07) is 0. The summed E-state index contributed by atoms with van der Waals surface area (Å²) in [5.41, 5.74) is 0. The molecule has 0 radical (unpaired) electrons. The molecule has 1 N–H and O–H groups in total. The van der Waals surface area contributed by atoms with Gasteiger partial charge in [-0.25, -0.2) is 4.98 Å². The van der Waals surface area contributed by atoms with Crippen LogP contribution in [0, 0.1) is 0 Å². The number of aryl methyl sites for hydroxylation is 1. The molecular weight excluding hydrogens is 142 g/mol. The Labute approximate surface area is 66.1 Å². The molecule has 0 spiro atoms. The maximum absolute atomic E-state index is 9.07. The lowest BCUT2D eigenvalue weighted by atomic mass is 10.3. The molecule has 62 valence electrons. The third-order valence-corrected chi connectivity index (χ3v) is 1.45. The Morgan fingerprint density at radius 2 is 2.45 bits per heavy atom. The number of oxazole rings is 1. The average Bonchev–Trinajstić information content (AvgIpc) is 2.37. The van der Waals surface area contributed by atoms with Crippen molar-refractivity contribution in [3.8, 4) is 0 Å². The van der Waals surface area contributed by atoms with Gasteiger partial charge in [-0.2, -0.15) is 0 Å². The van der Waals surface area contributed by atoms with E-state index in [-0.39, 0.29) is 0 Å². The van der Waals surface area contributed by atoms with Crippen LogP contribution in [0.15, 0.2) is 10.6 Å². The zero-order valence-electron chi connectivity index (χ0n) is 6.87. The Kier molecular flexibility index (Phi) is 2.65. The number of nitrogens with zero attached hydrogens (tertiary/aromatic N) is 1. The molecule has 1 aromatic heterocycles. The molecule has 1 aromatic rings. The third kappa shape index (κ3) is 2.05. The molecule has 0 bridgehead atoms. The maximum atomic E-state index is 9.07. The van der Waals surface area contributed by atoms with Crippen molar-refractivity contribution in [1.29, 1.82) is 0 Å². The Balaban J connectivity index is 2.66. The maximum Gasteiger partial charge on any atom is 0.194 e. The van der Waals surface area contributed by atoms with Crippen LogP contribution in [0.4, 0.5) is 0 Å². The molecule has 0 aliphatic heterocycles. The Morgan fingerprint density at radius 3 is 2.91 bits per heavy atom. The average molecular weight is 155 g/mol. The monoisotopic (exact) mass is 155 g/mol. The van der Waals surface area contributed by atoms with Gasteiger partial charge in [0.2, 0.25) is 0 Å². The van der Waals surface area contributed by atoms with Crippen LogP contribution in [0.25, 0.3) is 0 Å². The number of rotatable bonds is 3. The lowest BCUT2D eigenvalue weighted by Gasteiger charge is -1.95. The lowest BCUT2D eigenvalue weighted by molar-refractivity contribution is 0.167. The summed E-state index contributed by atoms with van der Waals surface area (Å²) in [5, 5.41) is 9.07. The minimum absolute atomic E-state index is 0.548. The first-order valence-electron chi connectivity index (χ1n) is 3.86. The summed E-state index contributed by atoms with van der Waals surface area (Å²) in [7, 11) is 0. The van der Waals surface area contributed by atoms with Crippen LogP contribution in [0.3, 0.4) is 0 Å². The molecular formula is C8H13NO2. The van der Waals surface area contributed by atoms with E-state index in [1.54, 1.807) is 13.1 Å². The molecule has 1 heterocycles. The van der Waals surface area contributed by atoms with Gasteiger partial charge in [-0.15, -0.1) is 0 Å². The second kappa shape index (κ2) is 3.53. The van der Waals surface area contributed by atoms with Crippen LogP contribution >= 0.6 is 0 Å². The van der Waals surface area contributed by atoms with Gasteiger partial charge in [-0.3, -0.25) is 0 Å². The van der Waals surface area contributed by atoms with Gasteiger partial charge in [0.05, 0.1) is 6.20 Å². The van der Waals surface area contributed by atoms with Gasteiger partial charge in [0.25, 0.3) is 0 Å². The van der Waals surface area contributed by atoms with E-state index >= 15 is 0 Å². The van der Waals surface area contributed by atoms with E-state index in [1.807, 2.05) is 0 Å². The van der Waals surface area contributed by atoms with Gasteiger partial charge in [-0.05, 0) is 13.3 Å². The quantitative estimate of drug-likeness (QED) is 0.722. The van der Waals surface area contributed by atoms with E-state index in [9.17, 15) is 0 Å². The van der Waals surface area contributed by atoms with Crippen molar-refractivity contribution in [2.45, 2.75) is 32.8 Å². The SMILES string of the molecule is CCCc1ncc(C(C)O)o1. The molecule has 0 amide bonds. The minimum Gasteiger partial charge on any atom is -0.443 e. The van der Waals surface area contributed by atoms with Crippen molar-refractivity contribution in [2.24, 2.45) is 0 Å². The van der Waals surface area contributed by atoms with Gasteiger partial charge in [0, 0.05) is 6.42 Å². The first-order chi connectivity index (χ1) is 5.24. The molecule has 0 aliphatic rings. The molecule has 1 unspecified atom stereocenters. The van der Waals surface area contributed by atoms with E-state index < -0.39 is 6.10 Å². The lowest BCUT2D eigenvalue weighted by Crippen LogP contribution is -1.86. The predicted molar refractivity (Wildman–Crippen MR) is 41.1 cm³/mol. The summed E-state index contributed by atoms with van der Waals surface area (Å²) in [6.07, 6.45) is 2.88. The third-order valence-electron chi connectivity index (χ3n) is 1.45. The zero-order chi connectivity index (χ0) is 8.27. The van der Waals surface area contributed by atoms with Gasteiger partial charge < -0.3 is 9.52 Å². The van der Waals surface area contributed by atoms with Gasteiger partial charge in [0.1, 0.15) is 6.10 Å². The zero-order valence-corrected chi connectivity index (χ0v) is 6.87. The highest BCUT2D eigenvalue weighted by molar-refractivity contribution is 4.96. The molecule has 0 aliphatic carbocycles. The molecule has 0 fully saturated rings. The summed E-state index contributed by atoms with van der Waals surface area (Å²) < 4.78 is 5.22. The standard InChI is InChI=1S/C8H13NO2/c1-3-4-8-9-5-7(11-8)6(2)10/h5-6,10H,3-4H2,1-2H3. The number of aromatic nitrogens is 1. The first-order valence-corrected chi connectivity index (χ1v) is 3.86. The highest BCUT2D eigenvalue weighted by Crippen LogP contribution is 2.13. The van der Waals surface area contributed by atoms with Crippen molar-refractivity contribution in [2.75, 3.05) is 0 Å². The molecule has 3 nitrogen and oxygen atoms in total. The van der Waals surface area contributed by atoms with Crippen molar-refractivity contribution < 1.29 is 9.52 Å². The summed E-state index contributed by atoms with van der Waals surface area (Å²) >= 11 is 0. The van der Waals surface area contributed by atoms with Crippen molar-refractivity contribution in [3.63, 3.8) is 0 Å². The van der Waals surface area contributed by atoms with E-state index in [0.29, 0.717) is 11.7 Å². The number of hydrogen-bond acceptors (Lipinski definition) is 3. The summed E-state index contributed by atoms with van der Waals surface area (Å²) in [4.78, 5) is 4.00. The van der Waals surface area contributed by atoms with Crippen LogP contribution in [0.5, 0.6) is 0 Å². The van der Waals surface area contributed by atoms with E-state index in [1.165, 1.54) is 0 Å². The van der Waals surface area contributed by atoms with Crippen LogP contribution in [-0.2, 0) is 6.42 Å². The van der Waals surface area contributed by atoms with Crippen LogP contribution < -0.4 is 0 Å². The largest absolute Gasteiger partial charge is 0.443 e. The molecule has 1 atom stereocenters. The molecule has 3 heteroatoms. The van der Waals surface area contributed by atoms with Crippen LogP contribution in [-0.4, -0.2) is 10.1 Å². The molecule has 1 rings (SSSR count). The van der Waals surface area contributed by atoms with E-state index in [2.05, 4.69) is 11.9 Å². The van der Waals surface area contributed by atoms with Gasteiger partial charge in [0.15, 0.2) is 11.7 Å². The summed E-state index contributed by atoms with van der Waals surface area (Å²) in [5.74, 6) is 1.26. The first kappa shape index (κ1) is 8.27. The normalized spacial score (nSPS) is 13.4. The number of hydrogen-bond donors (Lipinski definition) is 1. The molecule has 0 aromatic carbocycles. The Morgan fingerprint density at radius 1 is 1.73 bits per heavy atom. The Bertz CT molecular complexity index is 218. The fraction of sp³-hybridized carbons (Fsp3) is 0.625. The van der Waals surface area contributed by atoms with Crippen molar-refractivity contribution >= 4 is 0 Å². The van der Waals surface area contributed by atoms with Gasteiger partial charge in [-0.1, -0.05) is 6.92 Å². The van der Waals surface area contributed by atoms with E-state index in [0.717, 1.165) is 12.8 Å². The summed E-state index contributed by atoms with van der Waals surface area (Å²) in [6.45, 7) is 3.72.